The maximum atomic E-state index is 11.2. The summed E-state index contributed by atoms with van der Waals surface area (Å²) < 4.78 is 30.0. The molecule has 0 unspecified atom stereocenters. The average Bonchev–Trinajstić information content (AvgIpc) is 2.21. The predicted octanol–water partition coefficient (Wildman–Crippen LogP) is 1.35. The normalized spacial score (nSPS) is 10.5. The average molecular weight is 240 g/mol. The van der Waals surface area contributed by atoms with Crippen LogP contribution in [-0.4, -0.2) is 20.8 Å². The molecule has 0 bridgehead atoms. The third-order valence-corrected chi connectivity index (χ3v) is 2.75. The Kier molecular flexibility index (Phi) is 4.14. The minimum absolute atomic E-state index is 0.415. The lowest BCUT2D eigenvalue weighted by Crippen LogP contribution is -2.15. The van der Waals surface area contributed by atoms with Gasteiger partial charge in [0.15, 0.2) is 5.75 Å². The summed E-state index contributed by atoms with van der Waals surface area (Å²) in [6, 6.07) is 8.07. The summed E-state index contributed by atoms with van der Waals surface area (Å²) >= 11 is 0. The van der Waals surface area contributed by atoms with Gasteiger partial charge in [0.05, 0.1) is 12.7 Å². The van der Waals surface area contributed by atoms with E-state index >= 15 is 0 Å². The molecule has 0 radical (unpaired) electrons. The summed E-state index contributed by atoms with van der Waals surface area (Å²) in [6.45, 7) is 2.42. The Labute approximate surface area is 94.7 Å². The zero-order chi connectivity index (χ0) is 12.0. The van der Waals surface area contributed by atoms with Crippen molar-refractivity contribution in [1.82, 2.24) is 0 Å². The number of sulfonamides is 1. The molecule has 0 saturated carbocycles. The van der Waals surface area contributed by atoms with Crippen molar-refractivity contribution in [2.45, 2.75) is 6.92 Å². The van der Waals surface area contributed by atoms with Gasteiger partial charge in [0, 0.05) is 5.69 Å². The predicted molar refractivity (Wildman–Crippen MR) is 60.6 cm³/mol. The summed E-state index contributed by atoms with van der Waals surface area (Å²) in [4.78, 5) is 0. The molecule has 0 aliphatic rings. The molecule has 1 aromatic rings. The third kappa shape index (κ3) is 3.79. The third-order valence-electron chi connectivity index (χ3n) is 1.69. The van der Waals surface area contributed by atoms with Crippen molar-refractivity contribution in [2.24, 2.45) is 0 Å². The van der Waals surface area contributed by atoms with E-state index in [0.717, 1.165) is 0 Å². The fraction of sp³-hybridized carbons (Fsp3) is 0.300. The Morgan fingerprint density at radius 3 is 2.50 bits per heavy atom. The fourth-order valence-electron chi connectivity index (χ4n) is 1.09. The molecule has 0 aromatic heterocycles. The van der Waals surface area contributed by atoms with Crippen molar-refractivity contribution in [3.63, 3.8) is 0 Å². The molecule has 0 saturated heterocycles. The van der Waals surface area contributed by atoms with E-state index in [1.54, 1.807) is 30.3 Å². The zero-order valence-corrected chi connectivity index (χ0v) is 9.62. The van der Waals surface area contributed by atoms with Crippen LogP contribution in [0.2, 0.25) is 0 Å². The van der Waals surface area contributed by atoms with Crippen molar-refractivity contribution >= 4 is 15.7 Å². The summed E-state index contributed by atoms with van der Waals surface area (Å²) in [6.07, 6.45) is 0. The number of hydrogen-bond donors (Lipinski definition) is 1. The lowest BCUT2D eigenvalue weighted by molar-refractivity contribution is 0.340. The molecule has 0 fully saturated rings. The molecule has 1 rings (SSSR count). The van der Waals surface area contributed by atoms with Gasteiger partial charge in [0.1, 0.15) is 5.75 Å². The minimum atomic E-state index is -3.56. The Bertz CT molecular complexity index is 474. The summed E-state index contributed by atoms with van der Waals surface area (Å²) in [7, 11) is -3.56. The van der Waals surface area contributed by atoms with Crippen LogP contribution in [0.5, 0.6) is 5.75 Å². The lowest BCUT2D eigenvalue weighted by atomic mass is 10.3. The van der Waals surface area contributed by atoms with Gasteiger partial charge in [0.2, 0.25) is 10.0 Å². The summed E-state index contributed by atoms with van der Waals surface area (Å²) in [5.41, 5.74) is 0.415. The molecule has 0 aliphatic heterocycles. The first-order valence-electron chi connectivity index (χ1n) is 4.67. The Morgan fingerprint density at radius 1 is 1.38 bits per heavy atom. The van der Waals surface area contributed by atoms with Gasteiger partial charge in [-0.3, -0.25) is 4.72 Å². The quantitative estimate of drug-likeness (QED) is 0.842. The highest BCUT2D eigenvalue weighted by Crippen LogP contribution is 2.16. The van der Waals surface area contributed by atoms with Crippen molar-refractivity contribution in [1.29, 1.82) is 5.26 Å². The SMILES string of the molecule is CCOc1ccc(NS(=O)(=O)CC#N)cc1. The van der Waals surface area contributed by atoms with Gasteiger partial charge in [0.25, 0.3) is 0 Å². The molecule has 5 nitrogen and oxygen atoms in total. The molecular weight excluding hydrogens is 228 g/mol. The van der Waals surface area contributed by atoms with Crippen LogP contribution in [0.15, 0.2) is 24.3 Å². The van der Waals surface area contributed by atoms with Gasteiger partial charge in [-0.15, -0.1) is 0 Å². The summed E-state index contributed by atoms with van der Waals surface area (Å²) in [5, 5.41) is 8.30. The van der Waals surface area contributed by atoms with E-state index in [1.165, 1.54) is 0 Å². The number of nitriles is 1. The van der Waals surface area contributed by atoms with E-state index in [0.29, 0.717) is 18.0 Å². The highest BCUT2D eigenvalue weighted by atomic mass is 32.2. The highest BCUT2D eigenvalue weighted by molar-refractivity contribution is 7.92. The highest BCUT2D eigenvalue weighted by Gasteiger charge is 2.08. The Hall–Kier alpha value is -1.74. The molecular formula is C10H12N2O3S. The van der Waals surface area contributed by atoms with E-state index in [4.69, 9.17) is 10.00 Å². The first kappa shape index (κ1) is 12.3. The van der Waals surface area contributed by atoms with Crippen LogP contribution in [0, 0.1) is 11.3 Å². The molecule has 1 aromatic carbocycles. The van der Waals surface area contributed by atoms with Crippen LogP contribution in [0.1, 0.15) is 6.92 Å². The topological polar surface area (TPSA) is 79.2 Å². The first-order valence-corrected chi connectivity index (χ1v) is 6.33. The molecule has 16 heavy (non-hydrogen) atoms. The Morgan fingerprint density at radius 2 is 2.00 bits per heavy atom. The number of hydrogen-bond acceptors (Lipinski definition) is 4. The molecule has 0 spiro atoms. The van der Waals surface area contributed by atoms with E-state index < -0.39 is 15.8 Å². The van der Waals surface area contributed by atoms with Crippen LogP contribution in [0.4, 0.5) is 5.69 Å². The number of nitrogens with one attached hydrogen (secondary N) is 1. The smallest absolute Gasteiger partial charge is 0.246 e. The maximum absolute atomic E-state index is 11.2. The van der Waals surface area contributed by atoms with Crippen LogP contribution in [0.3, 0.4) is 0 Å². The largest absolute Gasteiger partial charge is 0.494 e. The first-order chi connectivity index (χ1) is 7.57. The van der Waals surface area contributed by atoms with Gasteiger partial charge in [-0.05, 0) is 31.2 Å². The Balaban J connectivity index is 2.73. The second kappa shape index (κ2) is 5.37. The summed E-state index contributed by atoms with van der Waals surface area (Å²) in [5.74, 6) is 0.117. The van der Waals surface area contributed by atoms with Gasteiger partial charge >= 0.3 is 0 Å². The molecule has 0 atom stereocenters. The van der Waals surface area contributed by atoms with Crippen molar-refractivity contribution in [3.8, 4) is 11.8 Å². The molecule has 0 amide bonds. The van der Waals surface area contributed by atoms with Crippen LogP contribution >= 0.6 is 0 Å². The minimum Gasteiger partial charge on any atom is -0.494 e. The standard InChI is InChI=1S/C10H12N2O3S/c1-2-15-10-5-3-9(4-6-10)12-16(13,14)8-7-11/h3-6,12H,2,8H2,1H3. The monoisotopic (exact) mass is 240 g/mol. The van der Waals surface area contributed by atoms with Crippen LogP contribution in [0.25, 0.3) is 0 Å². The van der Waals surface area contributed by atoms with Crippen LogP contribution in [-0.2, 0) is 10.0 Å². The van der Waals surface area contributed by atoms with Gasteiger partial charge in [-0.1, -0.05) is 0 Å². The van der Waals surface area contributed by atoms with Crippen molar-refractivity contribution in [2.75, 3.05) is 17.1 Å². The van der Waals surface area contributed by atoms with Crippen molar-refractivity contribution < 1.29 is 13.2 Å². The number of rotatable bonds is 5. The number of anilines is 1. The van der Waals surface area contributed by atoms with E-state index in [-0.39, 0.29) is 0 Å². The fourth-order valence-corrected chi connectivity index (χ4v) is 1.82. The molecule has 6 heteroatoms. The van der Waals surface area contributed by atoms with Gasteiger partial charge in [-0.2, -0.15) is 5.26 Å². The van der Waals surface area contributed by atoms with Crippen molar-refractivity contribution in [3.05, 3.63) is 24.3 Å². The van der Waals surface area contributed by atoms with E-state index in [9.17, 15) is 8.42 Å². The molecule has 1 N–H and O–H groups in total. The zero-order valence-electron chi connectivity index (χ0n) is 8.80. The molecule has 0 aliphatic carbocycles. The van der Waals surface area contributed by atoms with Crippen LogP contribution < -0.4 is 9.46 Å². The number of ether oxygens (including phenoxy) is 1. The number of nitrogens with zero attached hydrogens (tertiary/aromatic N) is 1. The molecule has 0 heterocycles. The molecule has 86 valence electrons. The second-order valence-electron chi connectivity index (χ2n) is 2.98. The van der Waals surface area contributed by atoms with Gasteiger partial charge < -0.3 is 4.74 Å². The van der Waals surface area contributed by atoms with Gasteiger partial charge in [-0.25, -0.2) is 8.42 Å². The number of benzene rings is 1. The van der Waals surface area contributed by atoms with E-state index in [1.807, 2.05) is 6.92 Å². The van der Waals surface area contributed by atoms with E-state index in [2.05, 4.69) is 4.72 Å². The lowest BCUT2D eigenvalue weighted by Gasteiger charge is -2.06. The second-order valence-corrected chi connectivity index (χ2v) is 4.70. The maximum Gasteiger partial charge on any atom is 0.246 e.